The van der Waals surface area contributed by atoms with Gasteiger partial charge in [-0.1, -0.05) is 49.9 Å². The van der Waals surface area contributed by atoms with Crippen LogP contribution in [0.2, 0.25) is 0 Å². The summed E-state index contributed by atoms with van der Waals surface area (Å²) in [5.41, 5.74) is 2.46. The van der Waals surface area contributed by atoms with Crippen molar-refractivity contribution < 1.29 is 0 Å². The second-order valence-corrected chi connectivity index (χ2v) is 5.72. The molecule has 0 saturated heterocycles. The highest BCUT2D eigenvalue weighted by Gasteiger charge is 2.23. The van der Waals surface area contributed by atoms with E-state index >= 15 is 0 Å². The fourth-order valence-electron chi connectivity index (χ4n) is 3.40. The Morgan fingerprint density at radius 3 is 2.72 bits per heavy atom. The number of nitrogens with zero attached hydrogens (tertiary/aromatic N) is 1. The fraction of sp³-hybridized carbons (Fsp3) is 0.562. The standard InChI is InChI=1S/C16H22N2/c17-16-15-10-4-3-9-14(15)12-18(16)11-5-8-13-6-1-2-7-13/h3-4,9-10,13,17H,1-2,5-8,11-12H2. The van der Waals surface area contributed by atoms with Gasteiger partial charge in [-0.25, -0.2) is 0 Å². The first-order valence-corrected chi connectivity index (χ1v) is 7.26. The summed E-state index contributed by atoms with van der Waals surface area (Å²) in [6.07, 6.45) is 8.38. The van der Waals surface area contributed by atoms with Crippen LogP contribution in [0.1, 0.15) is 49.7 Å². The molecule has 2 heteroatoms. The van der Waals surface area contributed by atoms with E-state index in [-0.39, 0.29) is 0 Å². The van der Waals surface area contributed by atoms with E-state index in [9.17, 15) is 0 Å². The Balaban J connectivity index is 1.51. The van der Waals surface area contributed by atoms with Crippen molar-refractivity contribution >= 4 is 5.84 Å². The average molecular weight is 242 g/mol. The molecule has 1 heterocycles. The number of nitrogens with one attached hydrogen (secondary N) is 1. The van der Waals surface area contributed by atoms with Crippen LogP contribution < -0.4 is 0 Å². The lowest BCUT2D eigenvalue weighted by atomic mass is 10.0. The Kier molecular flexibility index (Phi) is 3.35. The maximum Gasteiger partial charge on any atom is 0.128 e. The third-order valence-electron chi connectivity index (χ3n) is 4.47. The molecule has 0 amide bonds. The Bertz CT molecular complexity index is 432. The van der Waals surface area contributed by atoms with Gasteiger partial charge in [0.25, 0.3) is 0 Å². The van der Waals surface area contributed by atoms with Crippen LogP contribution in [0.3, 0.4) is 0 Å². The van der Waals surface area contributed by atoms with Gasteiger partial charge in [-0.05, 0) is 24.3 Å². The third-order valence-corrected chi connectivity index (χ3v) is 4.47. The van der Waals surface area contributed by atoms with Gasteiger partial charge in [-0.15, -0.1) is 0 Å². The van der Waals surface area contributed by atoms with Crippen molar-refractivity contribution in [2.24, 2.45) is 5.92 Å². The van der Waals surface area contributed by atoms with Crippen molar-refractivity contribution in [2.75, 3.05) is 6.54 Å². The molecule has 2 nitrogen and oxygen atoms in total. The number of fused-ring (bicyclic) bond motifs is 1. The molecule has 1 aromatic carbocycles. The zero-order valence-corrected chi connectivity index (χ0v) is 11.0. The molecule has 1 fully saturated rings. The molecule has 1 N–H and O–H groups in total. The van der Waals surface area contributed by atoms with Crippen LogP contribution in [0.15, 0.2) is 24.3 Å². The van der Waals surface area contributed by atoms with Crippen molar-refractivity contribution in [3.63, 3.8) is 0 Å². The summed E-state index contributed by atoms with van der Waals surface area (Å²) in [5, 5.41) is 8.20. The van der Waals surface area contributed by atoms with E-state index in [0.717, 1.165) is 30.4 Å². The Morgan fingerprint density at radius 1 is 1.17 bits per heavy atom. The predicted molar refractivity (Wildman–Crippen MR) is 74.9 cm³/mol. The molecule has 3 rings (SSSR count). The first-order chi connectivity index (χ1) is 8.84. The smallest absolute Gasteiger partial charge is 0.128 e. The number of amidine groups is 1. The number of hydrogen-bond acceptors (Lipinski definition) is 1. The molecule has 1 saturated carbocycles. The highest BCUT2D eigenvalue weighted by Crippen LogP contribution is 2.29. The highest BCUT2D eigenvalue weighted by molar-refractivity contribution is 6.00. The molecule has 0 radical (unpaired) electrons. The van der Waals surface area contributed by atoms with Gasteiger partial charge in [0.2, 0.25) is 0 Å². The Hall–Kier alpha value is -1.31. The van der Waals surface area contributed by atoms with E-state index in [1.807, 2.05) is 6.07 Å². The summed E-state index contributed by atoms with van der Waals surface area (Å²) in [7, 11) is 0. The molecule has 1 aliphatic carbocycles. The SMILES string of the molecule is N=C1c2ccccc2CN1CCCC1CCCC1. The van der Waals surface area contributed by atoms with Gasteiger partial charge in [0.1, 0.15) is 5.84 Å². The summed E-state index contributed by atoms with van der Waals surface area (Å²) < 4.78 is 0. The lowest BCUT2D eigenvalue weighted by molar-refractivity contribution is 0.381. The normalized spacial score (nSPS) is 19.6. The molecule has 0 bridgehead atoms. The number of benzene rings is 1. The monoisotopic (exact) mass is 242 g/mol. The molecule has 1 aromatic rings. The zero-order valence-electron chi connectivity index (χ0n) is 11.0. The van der Waals surface area contributed by atoms with Gasteiger partial charge >= 0.3 is 0 Å². The van der Waals surface area contributed by atoms with Crippen molar-refractivity contribution in [3.05, 3.63) is 35.4 Å². The number of hydrogen-bond donors (Lipinski definition) is 1. The van der Waals surface area contributed by atoms with Crippen LogP contribution in [-0.4, -0.2) is 17.3 Å². The van der Waals surface area contributed by atoms with E-state index in [2.05, 4.69) is 23.1 Å². The van der Waals surface area contributed by atoms with Crippen molar-refractivity contribution in [1.82, 2.24) is 4.90 Å². The maximum absolute atomic E-state index is 8.20. The zero-order chi connectivity index (χ0) is 12.4. The van der Waals surface area contributed by atoms with Crippen molar-refractivity contribution in [1.29, 1.82) is 5.41 Å². The molecular weight excluding hydrogens is 220 g/mol. The molecule has 1 aliphatic heterocycles. The molecular formula is C16H22N2. The van der Waals surface area contributed by atoms with Gasteiger partial charge in [-0.2, -0.15) is 0 Å². The largest absolute Gasteiger partial charge is 0.352 e. The average Bonchev–Trinajstić information content (AvgIpc) is 3.00. The minimum atomic E-state index is 0.733. The van der Waals surface area contributed by atoms with E-state index in [1.54, 1.807) is 0 Å². The third kappa shape index (κ3) is 2.29. The van der Waals surface area contributed by atoms with Crippen LogP contribution in [0.5, 0.6) is 0 Å². The molecule has 2 aliphatic rings. The van der Waals surface area contributed by atoms with E-state index < -0.39 is 0 Å². The first kappa shape index (κ1) is 11.8. The summed E-state index contributed by atoms with van der Waals surface area (Å²) in [6.45, 7) is 2.00. The second-order valence-electron chi connectivity index (χ2n) is 5.72. The maximum atomic E-state index is 8.20. The quantitative estimate of drug-likeness (QED) is 0.854. The van der Waals surface area contributed by atoms with Gasteiger partial charge in [0.15, 0.2) is 0 Å². The van der Waals surface area contributed by atoms with Crippen molar-refractivity contribution in [2.45, 2.75) is 45.1 Å². The number of rotatable bonds is 4. The molecule has 0 aromatic heterocycles. The minimum Gasteiger partial charge on any atom is -0.352 e. The Labute approximate surface area is 110 Å². The molecule has 96 valence electrons. The molecule has 0 atom stereocenters. The first-order valence-electron chi connectivity index (χ1n) is 7.26. The highest BCUT2D eigenvalue weighted by atomic mass is 15.2. The second kappa shape index (κ2) is 5.13. The van der Waals surface area contributed by atoms with Gasteiger partial charge in [-0.3, -0.25) is 5.41 Å². The fourth-order valence-corrected chi connectivity index (χ4v) is 3.40. The summed E-state index contributed by atoms with van der Waals surface area (Å²) >= 11 is 0. The van der Waals surface area contributed by atoms with Crippen LogP contribution in [0.4, 0.5) is 0 Å². The molecule has 0 unspecified atom stereocenters. The van der Waals surface area contributed by atoms with Gasteiger partial charge < -0.3 is 4.90 Å². The Morgan fingerprint density at radius 2 is 1.94 bits per heavy atom. The minimum absolute atomic E-state index is 0.733. The summed E-state index contributed by atoms with van der Waals surface area (Å²) in [6, 6.07) is 8.35. The summed E-state index contributed by atoms with van der Waals surface area (Å²) in [5.74, 6) is 1.71. The van der Waals surface area contributed by atoms with E-state index in [0.29, 0.717) is 0 Å². The van der Waals surface area contributed by atoms with Crippen molar-refractivity contribution in [3.8, 4) is 0 Å². The van der Waals surface area contributed by atoms with Gasteiger partial charge in [0, 0.05) is 18.7 Å². The molecule has 0 spiro atoms. The lowest BCUT2D eigenvalue weighted by Gasteiger charge is -2.18. The lowest BCUT2D eigenvalue weighted by Crippen LogP contribution is -2.25. The van der Waals surface area contributed by atoms with Crippen LogP contribution in [0, 0.1) is 11.3 Å². The van der Waals surface area contributed by atoms with E-state index in [1.165, 1.54) is 44.1 Å². The molecule has 18 heavy (non-hydrogen) atoms. The predicted octanol–water partition coefficient (Wildman–Crippen LogP) is 3.80. The van der Waals surface area contributed by atoms with Crippen LogP contribution in [0.25, 0.3) is 0 Å². The van der Waals surface area contributed by atoms with E-state index in [4.69, 9.17) is 5.41 Å². The topological polar surface area (TPSA) is 27.1 Å². The van der Waals surface area contributed by atoms with Crippen LogP contribution >= 0.6 is 0 Å². The van der Waals surface area contributed by atoms with Crippen LogP contribution in [-0.2, 0) is 6.54 Å². The summed E-state index contributed by atoms with van der Waals surface area (Å²) in [4.78, 5) is 2.24. The van der Waals surface area contributed by atoms with Gasteiger partial charge in [0.05, 0.1) is 0 Å².